The van der Waals surface area contributed by atoms with Gasteiger partial charge in [-0.05, 0) is 82.2 Å². The quantitative estimate of drug-likeness (QED) is 0.737. The fourth-order valence-corrected chi connectivity index (χ4v) is 5.83. The lowest BCUT2D eigenvalue weighted by Crippen LogP contribution is -2.59. The second-order valence-corrected chi connectivity index (χ2v) is 7.97. The first kappa shape index (κ1) is 13.0. The van der Waals surface area contributed by atoms with Gasteiger partial charge in [0.25, 0.3) is 0 Å². The lowest BCUT2D eigenvalue weighted by atomic mass is 9.53. The summed E-state index contributed by atoms with van der Waals surface area (Å²) in [6.45, 7) is 6.56. The van der Waals surface area contributed by atoms with Gasteiger partial charge >= 0.3 is 0 Å². The summed E-state index contributed by atoms with van der Waals surface area (Å²) >= 11 is 0. The van der Waals surface area contributed by atoms with E-state index in [0.717, 1.165) is 36.7 Å². The highest BCUT2D eigenvalue weighted by atomic mass is 15.2. The highest BCUT2D eigenvalue weighted by Crippen LogP contribution is 2.55. The van der Waals surface area contributed by atoms with Gasteiger partial charge in [-0.25, -0.2) is 0 Å². The van der Waals surface area contributed by atoms with Crippen LogP contribution in [0.4, 0.5) is 0 Å². The monoisotopic (exact) mass is 275 g/mol. The molecule has 1 saturated heterocycles. The first-order valence-electron chi connectivity index (χ1n) is 8.65. The zero-order valence-corrected chi connectivity index (χ0v) is 12.6. The topological polar surface area (TPSA) is 36.1 Å². The van der Waals surface area contributed by atoms with E-state index in [-0.39, 0.29) is 0 Å². The fraction of sp³-hybridized carbons (Fsp3) is 0.882. The SMILES string of the molecule is C=C(NC1CCNCC1)NC12CC3CC(CC(C3)C1)C2. The van der Waals surface area contributed by atoms with Gasteiger partial charge in [-0.15, -0.1) is 0 Å². The number of nitrogens with one attached hydrogen (secondary N) is 3. The molecule has 5 rings (SSSR count). The first-order valence-corrected chi connectivity index (χ1v) is 8.65. The summed E-state index contributed by atoms with van der Waals surface area (Å²) in [6.07, 6.45) is 11.2. The molecule has 0 aromatic heterocycles. The second-order valence-electron chi connectivity index (χ2n) is 7.97. The van der Waals surface area contributed by atoms with E-state index in [2.05, 4.69) is 22.5 Å². The van der Waals surface area contributed by atoms with E-state index in [1.54, 1.807) is 0 Å². The molecule has 20 heavy (non-hydrogen) atoms. The van der Waals surface area contributed by atoms with Gasteiger partial charge in [-0.2, -0.15) is 0 Å². The molecule has 0 radical (unpaired) electrons. The third kappa shape index (κ3) is 2.45. The predicted octanol–water partition coefficient (Wildman–Crippen LogP) is 2.36. The lowest BCUT2D eigenvalue weighted by Gasteiger charge is -2.57. The second kappa shape index (κ2) is 4.94. The Hall–Kier alpha value is -0.700. The number of hydrogen-bond donors (Lipinski definition) is 3. The van der Waals surface area contributed by atoms with Crippen LogP contribution < -0.4 is 16.0 Å². The molecule has 1 heterocycles. The minimum atomic E-state index is 0.395. The highest BCUT2D eigenvalue weighted by Gasteiger charge is 2.51. The smallest absolute Gasteiger partial charge is 0.0918 e. The average molecular weight is 275 g/mol. The van der Waals surface area contributed by atoms with Crippen LogP contribution in [0.25, 0.3) is 0 Å². The Balaban J connectivity index is 1.37. The van der Waals surface area contributed by atoms with Crippen LogP contribution in [-0.4, -0.2) is 24.7 Å². The molecule has 5 fully saturated rings. The molecular formula is C17H29N3. The molecule has 4 bridgehead atoms. The van der Waals surface area contributed by atoms with Gasteiger partial charge in [0.15, 0.2) is 0 Å². The maximum Gasteiger partial charge on any atom is 0.0918 e. The molecule has 3 N–H and O–H groups in total. The molecule has 0 aromatic carbocycles. The Morgan fingerprint density at radius 1 is 0.950 bits per heavy atom. The van der Waals surface area contributed by atoms with E-state index < -0.39 is 0 Å². The summed E-state index contributed by atoms with van der Waals surface area (Å²) in [7, 11) is 0. The van der Waals surface area contributed by atoms with Gasteiger partial charge in [0, 0.05) is 11.6 Å². The molecule has 3 heteroatoms. The Labute approximate surface area is 123 Å². The minimum Gasteiger partial charge on any atom is -0.370 e. The first-order chi connectivity index (χ1) is 9.71. The van der Waals surface area contributed by atoms with Gasteiger partial charge in [0.1, 0.15) is 0 Å². The lowest BCUT2D eigenvalue weighted by molar-refractivity contribution is -0.0158. The number of rotatable bonds is 4. The van der Waals surface area contributed by atoms with Gasteiger partial charge in [0.05, 0.1) is 5.82 Å². The van der Waals surface area contributed by atoms with Gasteiger partial charge < -0.3 is 16.0 Å². The van der Waals surface area contributed by atoms with E-state index in [1.807, 2.05) is 0 Å². The van der Waals surface area contributed by atoms with Crippen molar-refractivity contribution in [3.8, 4) is 0 Å². The van der Waals surface area contributed by atoms with E-state index in [1.165, 1.54) is 51.4 Å². The summed E-state index contributed by atoms with van der Waals surface area (Å²) in [5, 5.41) is 10.9. The van der Waals surface area contributed by atoms with E-state index >= 15 is 0 Å². The van der Waals surface area contributed by atoms with Crippen LogP contribution in [0.15, 0.2) is 12.4 Å². The van der Waals surface area contributed by atoms with Crippen molar-refractivity contribution in [2.75, 3.05) is 13.1 Å². The van der Waals surface area contributed by atoms with E-state index in [0.29, 0.717) is 11.6 Å². The van der Waals surface area contributed by atoms with Crippen molar-refractivity contribution in [2.45, 2.75) is 62.9 Å². The van der Waals surface area contributed by atoms with Crippen molar-refractivity contribution >= 4 is 0 Å². The minimum absolute atomic E-state index is 0.395. The normalized spacial score (nSPS) is 43.5. The van der Waals surface area contributed by atoms with Crippen molar-refractivity contribution < 1.29 is 0 Å². The zero-order chi connectivity index (χ0) is 13.6. The summed E-state index contributed by atoms with van der Waals surface area (Å²) in [6, 6.07) is 0.616. The molecule has 112 valence electrons. The van der Waals surface area contributed by atoms with Crippen molar-refractivity contribution in [1.82, 2.24) is 16.0 Å². The van der Waals surface area contributed by atoms with Crippen molar-refractivity contribution in [3.63, 3.8) is 0 Å². The van der Waals surface area contributed by atoms with Crippen LogP contribution >= 0.6 is 0 Å². The Morgan fingerprint density at radius 3 is 2.05 bits per heavy atom. The molecule has 1 aliphatic heterocycles. The molecule has 0 atom stereocenters. The molecule has 0 unspecified atom stereocenters. The Kier molecular flexibility index (Phi) is 3.21. The molecule has 3 nitrogen and oxygen atoms in total. The largest absolute Gasteiger partial charge is 0.370 e. The van der Waals surface area contributed by atoms with Gasteiger partial charge in [0.2, 0.25) is 0 Å². The van der Waals surface area contributed by atoms with Crippen molar-refractivity contribution in [3.05, 3.63) is 12.4 Å². The van der Waals surface area contributed by atoms with Crippen LogP contribution in [0.1, 0.15) is 51.4 Å². The number of hydrogen-bond acceptors (Lipinski definition) is 3. The summed E-state index contributed by atoms with van der Waals surface area (Å²) in [4.78, 5) is 0. The fourth-order valence-electron chi connectivity index (χ4n) is 5.83. The molecule has 5 aliphatic rings. The van der Waals surface area contributed by atoms with Crippen LogP contribution in [0.5, 0.6) is 0 Å². The standard InChI is InChI=1S/C17H29N3/c1-12(19-16-2-4-18-5-3-16)20-17-9-13-6-14(10-17)8-15(7-13)11-17/h13-16,18-20H,1-11H2. The summed E-state index contributed by atoms with van der Waals surface area (Å²) < 4.78 is 0. The van der Waals surface area contributed by atoms with Crippen LogP contribution in [-0.2, 0) is 0 Å². The van der Waals surface area contributed by atoms with E-state index in [4.69, 9.17) is 0 Å². The Bertz CT molecular complexity index is 348. The average Bonchev–Trinajstić information content (AvgIpc) is 2.37. The van der Waals surface area contributed by atoms with Crippen LogP contribution in [0.3, 0.4) is 0 Å². The van der Waals surface area contributed by atoms with Gasteiger partial charge in [-0.3, -0.25) is 0 Å². The predicted molar refractivity (Wildman–Crippen MR) is 82.2 cm³/mol. The third-order valence-electron chi connectivity index (χ3n) is 6.17. The molecule has 0 amide bonds. The molecule has 0 aromatic rings. The van der Waals surface area contributed by atoms with Gasteiger partial charge in [-0.1, -0.05) is 6.58 Å². The Morgan fingerprint density at radius 2 is 1.50 bits per heavy atom. The van der Waals surface area contributed by atoms with Crippen LogP contribution in [0.2, 0.25) is 0 Å². The maximum atomic E-state index is 4.28. The highest BCUT2D eigenvalue weighted by molar-refractivity contribution is 5.11. The van der Waals surface area contributed by atoms with Crippen LogP contribution in [0, 0.1) is 17.8 Å². The zero-order valence-electron chi connectivity index (χ0n) is 12.6. The van der Waals surface area contributed by atoms with Crippen molar-refractivity contribution in [1.29, 1.82) is 0 Å². The molecule has 4 aliphatic carbocycles. The maximum absolute atomic E-state index is 4.28. The third-order valence-corrected chi connectivity index (χ3v) is 6.17. The molecular weight excluding hydrogens is 246 g/mol. The van der Waals surface area contributed by atoms with E-state index in [9.17, 15) is 0 Å². The number of piperidine rings is 1. The van der Waals surface area contributed by atoms with Crippen molar-refractivity contribution in [2.24, 2.45) is 17.8 Å². The summed E-state index contributed by atoms with van der Waals surface area (Å²) in [5.74, 6) is 4.10. The molecule has 0 spiro atoms. The summed E-state index contributed by atoms with van der Waals surface area (Å²) in [5.41, 5.74) is 0.395. The molecule has 4 saturated carbocycles.